The molecule has 1 N–H and O–H groups in total. The Labute approximate surface area is 178 Å². The van der Waals surface area contributed by atoms with Crippen molar-refractivity contribution < 1.29 is 19.4 Å². The van der Waals surface area contributed by atoms with Gasteiger partial charge in [0, 0.05) is 16.0 Å². The number of thiazole rings is 1. The first-order valence-electron chi connectivity index (χ1n) is 9.37. The molecule has 0 saturated carbocycles. The summed E-state index contributed by atoms with van der Waals surface area (Å²) in [5, 5.41) is 11.5. The van der Waals surface area contributed by atoms with Crippen LogP contribution in [0, 0.1) is 13.8 Å². The van der Waals surface area contributed by atoms with Gasteiger partial charge in [0.1, 0.15) is 17.6 Å². The van der Waals surface area contributed by atoms with E-state index in [1.165, 1.54) is 23.3 Å². The minimum atomic E-state index is -0.855. The first-order valence-corrected chi connectivity index (χ1v) is 10.2. The lowest BCUT2D eigenvalue weighted by Crippen LogP contribution is -2.29. The Morgan fingerprint density at radius 1 is 1.07 bits per heavy atom. The number of carbonyl (C=O) groups excluding carboxylic acids is 2. The summed E-state index contributed by atoms with van der Waals surface area (Å²) in [6, 6.07) is 15.0. The molecule has 1 amide bonds. The number of aryl methyl sites for hydroxylation is 2. The van der Waals surface area contributed by atoms with E-state index in [1.54, 1.807) is 42.5 Å². The van der Waals surface area contributed by atoms with Crippen LogP contribution in [0.1, 0.15) is 27.7 Å². The van der Waals surface area contributed by atoms with E-state index in [9.17, 15) is 14.7 Å². The van der Waals surface area contributed by atoms with Crippen molar-refractivity contribution in [3.8, 4) is 5.75 Å². The number of nitrogens with zero attached hydrogens (tertiary/aromatic N) is 2. The quantitative estimate of drug-likeness (QED) is 0.385. The molecule has 0 bridgehead atoms. The number of hydrogen-bond acceptors (Lipinski definition) is 6. The molecule has 152 valence electrons. The number of benzene rings is 2. The molecule has 6 nitrogen and oxygen atoms in total. The Balaban J connectivity index is 1.99. The lowest BCUT2D eigenvalue weighted by Gasteiger charge is -2.24. The van der Waals surface area contributed by atoms with Gasteiger partial charge in [0.25, 0.3) is 5.78 Å². The molecule has 1 saturated heterocycles. The molecule has 0 unspecified atom stereocenters. The number of aromatic nitrogens is 1. The number of ether oxygens (including phenoxy) is 1. The van der Waals surface area contributed by atoms with Crippen LogP contribution >= 0.6 is 11.3 Å². The second kappa shape index (κ2) is 7.76. The van der Waals surface area contributed by atoms with E-state index >= 15 is 0 Å². The number of carbonyl (C=O) groups is 2. The number of methoxy groups -OCH3 is 1. The fourth-order valence-corrected chi connectivity index (χ4v) is 4.46. The maximum Gasteiger partial charge on any atom is 0.301 e. The topological polar surface area (TPSA) is 79.7 Å². The van der Waals surface area contributed by atoms with E-state index in [0.717, 1.165) is 10.6 Å². The Kier molecular flexibility index (Phi) is 5.13. The van der Waals surface area contributed by atoms with Crippen molar-refractivity contribution >= 4 is 33.9 Å². The van der Waals surface area contributed by atoms with E-state index < -0.39 is 17.7 Å². The van der Waals surface area contributed by atoms with Crippen LogP contribution in [-0.2, 0) is 9.59 Å². The number of para-hydroxylation sites is 1. The molecule has 2 heterocycles. The summed E-state index contributed by atoms with van der Waals surface area (Å²) in [6.07, 6.45) is 0. The summed E-state index contributed by atoms with van der Waals surface area (Å²) < 4.78 is 5.50. The molecule has 1 aromatic heterocycles. The van der Waals surface area contributed by atoms with Crippen LogP contribution in [0.25, 0.3) is 5.76 Å². The van der Waals surface area contributed by atoms with Gasteiger partial charge in [-0.05, 0) is 19.9 Å². The van der Waals surface area contributed by atoms with E-state index in [4.69, 9.17) is 4.74 Å². The van der Waals surface area contributed by atoms with Gasteiger partial charge >= 0.3 is 5.91 Å². The molecular weight excluding hydrogens is 400 g/mol. The Morgan fingerprint density at radius 2 is 1.73 bits per heavy atom. The average Bonchev–Trinajstić information content (AvgIpc) is 3.23. The largest absolute Gasteiger partial charge is 0.507 e. The molecule has 3 aromatic rings. The van der Waals surface area contributed by atoms with Crippen LogP contribution < -0.4 is 9.64 Å². The minimum Gasteiger partial charge on any atom is -0.507 e. The van der Waals surface area contributed by atoms with Gasteiger partial charge in [-0.15, -0.1) is 11.3 Å². The highest BCUT2D eigenvalue weighted by molar-refractivity contribution is 7.16. The number of Topliss-reactive ketones (excluding diaryl/α,β-unsaturated/α-hetero) is 1. The molecule has 2 aromatic carbocycles. The molecule has 1 aliphatic heterocycles. The highest BCUT2D eigenvalue weighted by Crippen LogP contribution is 2.45. The van der Waals surface area contributed by atoms with E-state index in [0.29, 0.717) is 22.0 Å². The molecule has 0 spiro atoms. The van der Waals surface area contributed by atoms with Crippen molar-refractivity contribution in [1.82, 2.24) is 4.98 Å². The van der Waals surface area contributed by atoms with Crippen molar-refractivity contribution in [3.63, 3.8) is 0 Å². The Bertz CT molecular complexity index is 1150. The molecule has 1 aliphatic rings. The highest BCUT2D eigenvalue weighted by atomic mass is 32.1. The fraction of sp³-hybridized carbons (Fsp3) is 0.174. The Morgan fingerprint density at radius 3 is 2.37 bits per heavy atom. The van der Waals surface area contributed by atoms with Gasteiger partial charge in [0.05, 0.1) is 18.4 Å². The maximum absolute atomic E-state index is 13.1. The lowest BCUT2D eigenvalue weighted by atomic mass is 9.95. The van der Waals surface area contributed by atoms with Crippen molar-refractivity contribution in [3.05, 3.63) is 81.9 Å². The van der Waals surface area contributed by atoms with Crippen molar-refractivity contribution in [2.75, 3.05) is 12.0 Å². The third-order valence-corrected chi connectivity index (χ3v) is 6.22. The number of anilines is 1. The van der Waals surface area contributed by atoms with Crippen molar-refractivity contribution in [2.45, 2.75) is 19.9 Å². The van der Waals surface area contributed by atoms with Crippen LogP contribution in [0.3, 0.4) is 0 Å². The minimum absolute atomic E-state index is 0.0150. The summed E-state index contributed by atoms with van der Waals surface area (Å²) in [7, 11) is 1.53. The number of rotatable bonds is 4. The molecule has 7 heteroatoms. The summed E-state index contributed by atoms with van der Waals surface area (Å²) in [4.78, 5) is 33.0. The summed E-state index contributed by atoms with van der Waals surface area (Å²) >= 11 is 1.34. The van der Waals surface area contributed by atoms with Gasteiger partial charge in [-0.3, -0.25) is 14.5 Å². The summed E-state index contributed by atoms with van der Waals surface area (Å²) in [5.74, 6) is -1.19. The Hall–Kier alpha value is -3.45. The van der Waals surface area contributed by atoms with Gasteiger partial charge in [-0.25, -0.2) is 4.98 Å². The zero-order valence-electron chi connectivity index (χ0n) is 16.7. The molecule has 0 aliphatic carbocycles. The lowest BCUT2D eigenvalue weighted by molar-refractivity contribution is -0.132. The van der Waals surface area contributed by atoms with E-state index in [-0.39, 0.29) is 11.3 Å². The third kappa shape index (κ3) is 3.17. The smallest absolute Gasteiger partial charge is 0.301 e. The van der Waals surface area contributed by atoms with Gasteiger partial charge in [-0.2, -0.15) is 0 Å². The number of amides is 1. The normalized spacial score (nSPS) is 18.1. The molecule has 1 atom stereocenters. The molecule has 4 rings (SSSR count). The van der Waals surface area contributed by atoms with E-state index in [2.05, 4.69) is 4.98 Å². The second-order valence-electron chi connectivity index (χ2n) is 6.92. The highest BCUT2D eigenvalue weighted by Gasteiger charge is 2.49. The van der Waals surface area contributed by atoms with Crippen LogP contribution in [-0.4, -0.2) is 28.9 Å². The van der Waals surface area contributed by atoms with Crippen molar-refractivity contribution in [1.29, 1.82) is 0 Å². The first kappa shape index (κ1) is 19.8. The number of hydrogen-bond donors (Lipinski definition) is 1. The number of ketones is 1. The van der Waals surface area contributed by atoms with Gasteiger partial charge < -0.3 is 9.84 Å². The van der Waals surface area contributed by atoms with Gasteiger partial charge in [0.15, 0.2) is 5.13 Å². The third-order valence-electron chi connectivity index (χ3n) is 5.15. The number of aliphatic hydroxyl groups excluding tert-OH is 1. The standard InChI is InChI=1S/C23H20N2O4S/c1-13-14(2)30-23(24-13)25-19(16-11-7-8-12-17(16)29-3)18(21(27)22(25)28)20(26)15-9-5-4-6-10-15/h4-12,19,26H,1-3H3/t19-/m0/s1. The summed E-state index contributed by atoms with van der Waals surface area (Å²) in [6.45, 7) is 3.77. The predicted octanol–water partition coefficient (Wildman–Crippen LogP) is 4.39. The van der Waals surface area contributed by atoms with Crippen LogP contribution in [0.2, 0.25) is 0 Å². The van der Waals surface area contributed by atoms with Crippen LogP contribution in [0.4, 0.5) is 5.13 Å². The summed E-state index contributed by atoms with van der Waals surface area (Å²) in [5.41, 5.74) is 1.86. The fourth-order valence-electron chi connectivity index (χ4n) is 3.53. The maximum atomic E-state index is 13.1. The van der Waals surface area contributed by atoms with Gasteiger partial charge in [-0.1, -0.05) is 48.5 Å². The van der Waals surface area contributed by atoms with Crippen LogP contribution in [0.15, 0.2) is 60.2 Å². The second-order valence-corrected chi connectivity index (χ2v) is 8.10. The zero-order valence-corrected chi connectivity index (χ0v) is 17.6. The monoisotopic (exact) mass is 420 g/mol. The average molecular weight is 420 g/mol. The molecule has 30 heavy (non-hydrogen) atoms. The molecule has 0 radical (unpaired) electrons. The van der Waals surface area contributed by atoms with Crippen LogP contribution in [0.5, 0.6) is 5.75 Å². The van der Waals surface area contributed by atoms with E-state index in [1.807, 2.05) is 26.0 Å². The van der Waals surface area contributed by atoms with Crippen molar-refractivity contribution in [2.24, 2.45) is 0 Å². The predicted molar refractivity (Wildman–Crippen MR) is 116 cm³/mol. The first-order chi connectivity index (χ1) is 14.4. The van der Waals surface area contributed by atoms with Gasteiger partial charge in [0.2, 0.25) is 0 Å². The number of aliphatic hydroxyl groups is 1. The SMILES string of the molecule is COc1ccccc1[C@H]1C(=C(O)c2ccccc2)C(=O)C(=O)N1c1nc(C)c(C)s1. The zero-order chi connectivity index (χ0) is 21.4. The molecular formula is C23H20N2O4S. The molecule has 1 fully saturated rings.